The average molecular weight is 242 g/mol. The molecule has 1 atom stereocenters. The van der Waals surface area contributed by atoms with Gasteiger partial charge in [-0.15, -0.1) is 0 Å². The van der Waals surface area contributed by atoms with Gasteiger partial charge in [0.2, 0.25) is 0 Å². The molecular weight excluding hydrogens is 224 g/mol. The summed E-state index contributed by atoms with van der Waals surface area (Å²) in [5, 5.41) is 4.63. The number of nitrogens with zero attached hydrogens (tertiary/aromatic N) is 1. The number of benzene rings is 1. The molecule has 1 aromatic heterocycles. The molecule has 0 spiro atoms. The van der Waals surface area contributed by atoms with E-state index in [4.69, 9.17) is 0 Å². The highest BCUT2D eigenvalue weighted by molar-refractivity contribution is 5.78. The molecule has 2 aromatic rings. The van der Waals surface area contributed by atoms with Crippen LogP contribution in [0.1, 0.15) is 19.3 Å². The maximum atomic E-state index is 12.0. The van der Waals surface area contributed by atoms with E-state index in [0.29, 0.717) is 6.04 Å². The predicted molar refractivity (Wildman–Crippen MR) is 73.8 cm³/mol. The second-order valence-corrected chi connectivity index (χ2v) is 4.99. The highest BCUT2D eigenvalue weighted by atomic mass is 16.1. The number of aromatic nitrogens is 1. The van der Waals surface area contributed by atoms with Gasteiger partial charge in [-0.1, -0.05) is 24.6 Å². The Hall–Kier alpha value is -1.61. The van der Waals surface area contributed by atoms with Crippen molar-refractivity contribution in [3.63, 3.8) is 0 Å². The molecule has 0 aliphatic carbocycles. The molecule has 0 bridgehead atoms. The molecule has 1 aliphatic rings. The van der Waals surface area contributed by atoms with Gasteiger partial charge in [-0.3, -0.25) is 4.79 Å². The molecule has 1 unspecified atom stereocenters. The quantitative estimate of drug-likeness (QED) is 0.875. The van der Waals surface area contributed by atoms with Crippen LogP contribution in [0.25, 0.3) is 10.9 Å². The van der Waals surface area contributed by atoms with Crippen LogP contribution in [0.15, 0.2) is 41.2 Å². The number of piperidine rings is 1. The SMILES string of the molecule is O=c1ccc2ccccc2n1CC1CCCCN1. The van der Waals surface area contributed by atoms with Gasteiger partial charge in [0.15, 0.2) is 0 Å². The van der Waals surface area contributed by atoms with Crippen molar-refractivity contribution in [3.05, 3.63) is 46.8 Å². The fraction of sp³-hybridized carbons (Fsp3) is 0.400. The van der Waals surface area contributed by atoms with E-state index >= 15 is 0 Å². The highest BCUT2D eigenvalue weighted by Crippen LogP contribution is 2.14. The van der Waals surface area contributed by atoms with Crippen molar-refractivity contribution in [1.82, 2.24) is 9.88 Å². The van der Waals surface area contributed by atoms with Gasteiger partial charge in [-0.05, 0) is 36.9 Å². The van der Waals surface area contributed by atoms with E-state index in [0.717, 1.165) is 30.4 Å². The molecule has 0 radical (unpaired) electrons. The molecular formula is C15H18N2O. The molecule has 3 heteroatoms. The van der Waals surface area contributed by atoms with E-state index in [9.17, 15) is 4.79 Å². The zero-order chi connectivity index (χ0) is 12.4. The molecule has 0 saturated carbocycles. The van der Waals surface area contributed by atoms with Crippen molar-refractivity contribution in [2.45, 2.75) is 31.8 Å². The third-order valence-corrected chi connectivity index (χ3v) is 3.71. The molecule has 1 saturated heterocycles. The van der Waals surface area contributed by atoms with Crippen LogP contribution in [0, 0.1) is 0 Å². The summed E-state index contributed by atoms with van der Waals surface area (Å²) in [7, 11) is 0. The number of pyridine rings is 1. The van der Waals surface area contributed by atoms with Crippen LogP contribution in [0.4, 0.5) is 0 Å². The van der Waals surface area contributed by atoms with Crippen LogP contribution in [-0.4, -0.2) is 17.2 Å². The van der Waals surface area contributed by atoms with Crippen molar-refractivity contribution >= 4 is 10.9 Å². The third-order valence-electron chi connectivity index (χ3n) is 3.71. The van der Waals surface area contributed by atoms with E-state index in [1.165, 1.54) is 12.8 Å². The van der Waals surface area contributed by atoms with E-state index in [-0.39, 0.29) is 5.56 Å². The fourth-order valence-electron chi connectivity index (χ4n) is 2.73. The Morgan fingerprint density at radius 2 is 2.06 bits per heavy atom. The summed E-state index contributed by atoms with van der Waals surface area (Å²) >= 11 is 0. The van der Waals surface area contributed by atoms with Crippen LogP contribution < -0.4 is 10.9 Å². The lowest BCUT2D eigenvalue weighted by atomic mass is 10.0. The van der Waals surface area contributed by atoms with Gasteiger partial charge in [0, 0.05) is 18.7 Å². The van der Waals surface area contributed by atoms with E-state index in [2.05, 4.69) is 11.4 Å². The maximum Gasteiger partial charge on any atom is 0.251 e. The van der Waals surface area contributed by atoms with Crippen LogP contribution in [0.3, 0.4) is 0 Å². The van der Waals surface area contributed by atoms with Gasteiger partial charge in [-0.2, -0.15) is 0 Å². The van der Waals surface area contributed by atoms with E-state index in [1.54, 1.807) is 6.07 Å². The van der Waals surface area contributed by atoms with Crippen molar-refractivity contribution in [1.29, 1.82) is 0 Å². The standard InChI is InChI=1S/C15H18N2O/c18-15-9-8-12-5-1-2-7-14(12)17(15)11-13-6-3-4-10-16-13/h1-2,5,7-9,13,16H,3-4,6,10-11H2. The largest absolute Gasteiger partial charge is 0.312 e. The molecule has 3 rings (SSSR count). The monoisotopic (exact) mass is 242 g/mol. The number of nitrogens with one attached hydrogen (secondary N) is 1. The molecule has 1 N–H and O–H groups in total. The first kappa shape index (κ1) is 11.5. The normalized spacial score (nSPS) is 20.1. The molecule has 1 aliphatic heterocycles. The Balaban J connectivity index is 1.99. The second kappa shape index (κ2) is 4.94. The Bertz CT molecular complexity index is 597. The lowest BCUT2D eigenvalue weighted by Crippen LogP contribution is -2.39. The first-order chi connectivity index (χ1) is 8.84. The number of fused-ring (bicyclic) bond motifs is 1. The summed E-state index contributed by atoms with van der Waals surface area (Å²) in [5.74, 6) is 0. The van der Waals surface area contributed by atoms with Crippen LogP contribution in [0.5, 0.6) is 0 Å². The second-order valence-electron chi connectivity index (χ2n) is 4.99. The Kier molecular flexibility index (Phi) is 3.15. The summed E-state index contributed by atoms with van der Waals surface area (Å²) in [4.78, 5) is 12.0. The number of hydrogen-bond acceptors (Lipinski definition) is 2. The van der Waals surface area contributed by atoms with E-state index < -0.39 is 0 Å². The highest BCUT2D eigenvalue weighted by Gasteiger charge is 2.14. The topological polar surface area (TPSA) is 34.0 Å². The molecule has 94 valence electrons. The number of para-hydroxylation sites is 1. The Morgan fingerprint density at radius 1 is 1.17 bits per heavy atom. The number of rotatable bonds is 2. The van der Waals surface area contributed by atoms with Crippen LogP contribution >= 0.6 is 0 Å². The van der Waals surface area contributed by atoms with E-state index in [1.807, 2.05) is 28.8 Å². The zero-order valence-corrected chi connectivity index (χ0v) is 10.4. The summed E-state index contributed by atoms with van der Waals surface area (Å²) in [6, 6.07) is 12.1. The summed E-state index contributed by atoms with van der Waals surface area (Å²) in [6.45, 7) is 1.85. The fourth-order valence-corrected chi connectivity index (χ4v) is 2.73. The van der Waals surface area contributed by atoms with Gasteiger partial charge in [0.25, 0.3) is 5.56 Å². The smallest absolute Gasteiger partial charge is 0.251 e. The van der Waals surface area contributed by atoms with Crippen LogP contribution in [0.2, 0.25) is 0 Å². The minimum atomic E-state index is 0.0982. The number of hydrogen-bond donors (Lipinski definition) is 1. The molecule has 2 heterocycles. The Labute approximate surface area is 106 Å². The minimum absolute atomic E-state index is 0.0982. The van der Waals surface area contributed by atoms with Crippen molar-refractivity contribution in [2.24, 2.45) is 0 Å². The van der Waals surface area contributed by atoms with Crippen molar-refractivity contribution in [2.75, 3.05) is 6.54 Å². The van der Waals surface area contributed by atoms with Crippen molar-refractivity contribution < 1.29 is 0 Å². The summed E-state index contributed by atoms with van der Waals surface area (Å²) < 4.78 is 1.90. The maximum absolute atomic E-state index is 12.0. The van der Waals surface area contributed by atoms with Gasteiger partial charge < -0.3 is 9.88 Å². The molecule has 3 nitrogen and oxygen atoms in total. The molecule has 1 fully saturated rings. The zero-order valence-electron chi connectivity index (χ0n) is 10.4. The van der Waals surface area contributed by atoms with Gasteiger partial charge in [-0.25, -0.2) is 0 Å². The minimum Gasteiger partial charge on any atom is -0.312 e. The first-order valence-corrected chi connectivity index (χ1v) is 6.66. The third kappa shape index (κ3) is 2.18. The summed E-state index contributed by atoms with van der Waals surface area (Å²) in [6.07, 6.45) is 3.67. The predicted octanol–water partition coefficient (Wildman–Crippen LogP) is 2.14. The Morgan fingerprint density at radius 3 is 2.89 bits per heavy atom. The lowest BCUT2D eigenvalue weighted by Gasteiger charge is -2.24. The van der Waals surface area contributed by atoms with Gasteiger partial charge in [0.1, 0.15) is 0 Å². The van der Waals surface area contributed by atoms with Gasteiger partial charge in [0.05, 0.1) is 5.52 Å². The molecule has 1 aromatic carbocycles. The molecule has 18 heavy (non-hydrogen) atoms. The lowest BCUT2D eigenvalue weighted by molar-refractivity contribution is 0.363. The van der Waals surface area contributed by atoms with Crippen molar-refractivity contribution in [3.8, 4) is 0 Å². The van der Waals surface area contributed by atoms with Crippen LogP contribution in [-0.2, 0) is 6.54 Å². The first-order valence-electron chi connectivity index (χ1n) is 6.66. The molecule has 0 amide bonds. The van der Waals surface area contributed by atoms with Gasteiger partial charge >= 0.3 is 0 Å². The summed E-state index contributed by atoms with van der Waals surface area (Å²) in [5.41, 5.74) is 1.14. The average Bonchev–Trinajstić information content (AvgIpc) is 2.43.